The highest BCUT2D eigenvalue weighted by molar-refractivity contribution is 5.86. The molecular weight excluding hydrogens is 256 g/mol. The van der Waals surface area contributed by atoms with Gasteiger partial charge in [0.1, 0.15) is 5.76 Å². The molecule has 1 aromatic heterocycles. The fourth-order valence-corrected chi connectivity index (χ4v) is 3.08. The van der Waals surface area contributed by atoms with Crippen LogP contribution in [0.5, 0.6) is 0 Å². The van der Waals surface area contributed by atoms with E-state index >= 15 is 0 Å². The highest BCUT2D eigenvalue weighted by atomic mass is 16.4. The van der Waals surface area contributed by atoms with Crippen LogP contribution in [0.4, 0.5) is 0 Å². The van der Waals surface area contributed by atoms with Crippen LogP contribution in [0.1, 0.15) is 47.6 Å². The monoisotopic (exact) mass is 280 g/mol. The predicted octanol–water partition coefficient (Wildman–Crippen LogP) is 2.25. The quantitative estimate of drug-likeness (QED) is 0.836. The average molecular weight is 280 g/mol. The van der Waals surface area contributed by atoms with Gasteiger partial charge in [0.15, 0.2) is 0 Å². The van der Waals surface area contributed by atoms with E-state index in [0.29, 0.717) is 17.9 Å². The second kappa shape index (κ2) is 5.97. The van der Waals surface area contributed by atoms with Crippen LogP contribution < -0.4 is 5.32 Å². The summed E-state index contributed by atoms with van der Waals surface area (Å²) >= 11 is 0. The van der Waals surface area contributed by atoms with Crippen molar-refractivity contribution in [1.29, 1.82) is 0 Å². The first-order valence-corrected chi connectivity index (χ1v) is 7.15. The number of rotatable bonds is 6. The summed E-state index contributed by atoms with van der Waals surface area (Å²) in [6, 6.07) is 1.80. The summed E-state index contributed by atoms with van der Waals surface area (Å²) in [5, 5.41) is 12.4. The van der Waals surface area contributed by atoms with E-state index in [9.17, 15) is 4.79 Å². The molecule has 1 heterocycles. The van der Waals surface area contributed by atoms with Gasteiger partial charge >= 0.3 is 5.97 Å². The van der Waals surface area contributed by atoms with E-state index in [1.54, 1.807) is 13.0 Å². The number of aryl methyl sites for hydroxylation is 1. The summed E-state index contributed by atoms with van der Waals surface area (Å²) in [5.74, 6) is -0.272. The highest BCUT2D eigenvalue weighted by Gasteiger charge is 2.35. The Kier molecular flexibility index (Phi) is 4.50. The van der Waals surface area contributed by atoms with Crippen LogP contribution in [0, 0.1) is 6.92 Å². The number of hydrogen-bond acceptors (Lipinski definition) is 4. The number of hydrogen-bond donors (Lipinski definition) is 2. The molecule has 0 aliphatic heterocycles. The first kappa shape index (κ1) is 15.1. The van der Waals surface area contributed by atoms with Crippen molar-refractivity contribution < 1.29 is 14.3 Å². The summed E-state index contributed by atoms with van der Waals surface area (Å²) in [6.07, 6.45) is 4.99. The molecule has 2 rings (SSSR count). The minimum atomic E-state index is -1.01. The van der Waals surface area contributed by atoms with Crippen molar-refractivity contribution in [3.8, 4) is 0 Å². The van der Waals surface area contributed by atoms with E-state index in [0.717, 1.165) is 6.54 Å². The number of nitrogens with one attached hydrogen (secondary N) is 1. The molecule has 0 aromatic carbocycles. The van der Waals surface area contributed by atoms with Gasteiger partial charge in [0.05, 0.1) is 6.54 Å². The number of likely N-dealkylation sites (N-methyl/N-ethyl adjacent to an activating group) is 1. The van der Waals surface area contributed by atoms with E-state index in [4.69, 9.17) is 9.52 Å². The molecule has 0 bridgehead atoms. The van der Waals surface area contributed by atoms with Crippen molar-refractivity contribution in [2.24, 2.45) is 0 Å². The van der Waals surface area contributed by atoms with E-state index in [1.165, 1.54) is 25.7 Å². The molecule has 5 heteroatoms. The number of carboxylic acid groups (broad SMARTS) is 1. The Balaban J connectivity index is 1.92. The van der Waals surface area contributed by atoms with Crippen molar-refractivity contribution >= 4 is 5.97 Å². The van der Waals surface area contributed by atoms with Gasteiger partial charge in [0.2, 0.25) is 5.76 Å². The third-order valence-electron chi connectivity index (χ3n) is 4.40. The van der Waals surface area contributed by atoms with E-state index < -0.39 is 5.97 Å². The van der Waals surface area contributed by atoms with Gasteiger partial charge in [0, 0.05) is 17.6 Å². The Labute approximate surface area is 119 Å². The average Bonchev–Trinajstić information content (AvgIpc) is 2.97. The molecule has 1 aliphatic rings. The summed E-state index contributed by atoms with van der Waals surface area (Å²) in [5.41, 5.74) is 0.912. The van der Waals surface area contributed by atoms with E-state index in [1.807, 2.05) is 0 Å². The Morgan fingerprint density at radius 2 is 2.10 bits per heavy atom. The second-order valence-electron chi connectivity index (χ2n) is 5.96. The molecule has 0 unspecified atom stereocenters. The van der Waals surface area contributed by atoms with Gasteiger partial charge in [-0.15, -0.1) is 0 Å². The molecule has 0 amide bonds. The fourth-order valence-electron chi connectivity index (χ4n) is 3.08. The molecule has 2 N–H and O–H groups in total. The molecule has 1 saturated carbocycles. The fraction of sp³-hybridized carbons (Fsp3) is 0.667. The predicted molar refractivity (Wildman–Crippen MR) is 77.0 cm³/mol. The highest BCUT2D eigenvalue weighted by Crippen LogP contribution is 2.33. The van der Waals surface area contributed by atoms with Crippen LogP contribution in [-0.4, -0.2) is 42.2 Å². The standard InChI is InChI=1S/C15H24N2O3/c1-11-8-12(20-13(11)14(18)19)9-16-10-15(17(2)3)6-4-5-7-15/h8,16H,4-7,9-10H2,1-3H3,(H,18,19). The second-order valence-corrected chi connectivity index (χ2v) is 5.96. The Morgan fingerprint density at radius 1 is 1.45 bits per heavy atom. The minimum Gasteiger partial charge on any atom is -0.475 e. The normalized spacial score (nSPS) is 17.8. The zero-order valence-corrected chi connectivity index (χ0v) is 12.5. The molecule has 1 aliphatic carbocycles. The van der Waals surface area contributed by atoms with Gasteiger partial charge in [-0.3, -0.25) is 0 Å². The Hall–Kier alpha value is -1.33. The molecule has 5 nitrogen and oxygen atoms in total. The molecule has 1 aromatic rings. The summed E-state index contributed by atoms with van der Waals surface area (Å²) in [7, 11) is 4.26. The number of furan rings is 1. The van der Waals surface area contributed by atoms with Crippen LogP contribution in [-0.2, 0) is 6.54 Å². The zero-order chi connectivity index (χ0) is 14.8. The van der Waals surface area contributed by atoms with Crippen molar-refractivity contribution in [3.63, 3.8) is 0 Å². The zero-order valence-electron chi connectivity index (χ0n) is 12.5. The lowest BCUT2D eigenvalue weighted by molar-refractivity contribution is 0.0659. The van der Waals surface area contributed by atoms with Gasteiger partial charge in [0.25, 0.3) is 0 Å². The Morgan fingerprint density at radius 3 is 2.60 bits per heavy atom. The largest absolute Gasteiger partial charge is 0.475 e. The van der Waals surface area contributed by atoms with Crippen molar-refractivity contribution in [2.75, 3.05) is 20.6 Å². The third kappa shape index (κ3) is 3.04. The van der Waals surface area contributed by atoms with Gasteiger partial charge in [-0.2, -0.15) is 0 Å². The van der Waals surface area contributed by atoms with Gasteiger partial charge < -0.3 is 19.7 Å². The molecule has 1 fully saturated rings. The summed E-state index contributed by atoms with van der Waals surface area (Å²) in [6.45, 7) is 3.24. The first-order valence-electron chi connectivity index (χ1n) is 7.15. The van der Waals surface area contributed by atoms with Crippen LogP contribution in [0.3, 0.4) is 0 Å². The van der Waals surface area contributed by atoms with Crippen LogP contribution in [0.25, 0.3) is 0 Å². The van der Waals surface area contributed by atoms with E-state index in [2.05, 4.69) is 24.3 Å². The lowest BCUT2D eigenvalue weighted by atomic mass is 9.96. The number of nitrogens with zero attached hydrogens (tertiary/aromatic N) is 1. The molecule has 0 spiro atoms. The number of carboxylic acids is 1. The third-order valence-corrected chi connectivity index (χ3v) is 4.40. The lowest BCUT2D eigenvalue weighted by Crippen LogP contribution is -2.49. The summed E-state index contributed by atoms with van der Waals surface area (Å²) < 4.78 is 5.36. The molecule has 0 atom stereocenters. The van der Waals surface area contributed by atoms with Gasteiger partial charge in [-0.05, 0) is 39.9 Å². The maximum atomic E-state index is 10.9. The van der Waals surface area contributed by atoms with Crippen molar-refractivity contribution in [1.82, 2.24) is 10.2 Å². The molecule has 0 saturated heterocycles. The topological polar surface area (TPSA) is 65.7 Å². The minimum absolute atomic E-state index is 0.0463. The molecular formula is C15H24N2O3. The van der Waals surface area contributed by atoms with Gasteiger partial charge in [-0.25, -0.2) is 4.79 Å². The van der Waals surface area contributed by atoms with Crippen molar-refractivity contribution in [2.45, 2.75) is 44.7 Å². The van der Waals surface area contributed by atoms with E-state index in [-0.39, 0.29) is 11.3 Å². The lowest BCUT2D eigenvalue weighted by Gasteiger charge is -2.36. The maximum Gasteiger partial charge on any atom is 0.372 e. The van der Waals surface area contributed by atoms with Crippen LogP contribution >= 0.6 is 0 Å². The number of aromatic carboxylic acids is 1. The summed E-state index contributed by atoms with van der Waals surface area (Å²) in [4.78, 5) is 13.2. The molecule has 20 heavy (non-hydrogen) atoms. The van der Waals surface area contributed by atoms with Crippen LogP contribution in [0.2, 0.25) is 0 Å². The Bertz CT molecular complexity index is 473. The van der Waals surface area contributed by atoms with Crippen LogP contribution in [0.15, 0.2) is 10.5 Å². The number of carbonyl (C=O) groups is 1. The van der Waals surface area contributed by atoms with Crippen molar-refractivity contribution in [3.05, 3.63) is 23.2 Å². The smallest absolute Gasteiger partial charge is 0.372 e. The molecule has 112 valence electrons. The van der Waals surface area contributed by atoms with Gasteiger partial charge in [-0.1, -0.05) is 12.8 Å². The first-order chi connectivity index (χ1) is 9.44. The molecule has 0 radical (unpaired) electrons. The SMILES string of the molecule is Cc1cc(CNCC2(N(C)C)CCCC2)oc1C(=O)O. The maximum absolute atomic E-state index is 10.9.